The van der Waals surface area contributed by atoms with Crippen molar-refractivity contribution < 1.29 is 0 Å². The molecular formula is C13H25N3. The van der Waals surface area contributed by atoms with E-state index in [1.54, 1.807) is 0 Å². The number of nitrogens with one attached hydrogen (secondary N) is 1. The fourth-order valence-electron chi connectivity index (χ4n) is 1.84. The highest BCUT2D eigenvalue weighted by Crippen LogP contribution is 2.12. The molecular weight excluding hydrogens is 198 g/mol. The first-order valence-electron chi connectivity index (χ1n) is 6.39. The van der Waals surface area contributed by atoms with E-state index in [0.29, 0.717) is 12.0 Å². The molecule has 1 aromatic rings. The van der Waals surface area contributed by atoms with E-state index in [1.807, 2.05) is 6.20 Å². The van der Waals surface area contributed by atoms with Crippen molar-refractivity contribution in [2.75, 3.05) is 6.54 Å². The molecule has 0 radical (unpaired) electrons. The molecule has 1 heterocycles. The molecule has 1 N–H and O–H groups in total. The number of rotatable bonds is 7. The zero-order valence-corrected chi connectivity index (χ0v) is 11.0. The minimum absolute atomic E-state index is 0.508. The first-order chi connectivity index (χ1) is 7.65. The highest BCUT2D eigenvalue weighted by atomic mass is 15.1. The Hall–Kier alpha value is -0.830. The van der Waals surface area contributed by atoms with E-state index in [0.717, 1.165) is 19.5 Å². The van der Waals surface area contributed by atoms with Crippen LogP contribution in [0, 0.1) is 0 Å². The van der Waals surface area contributed by atoms with Gasteiger partial charge in [-0.3, -0.25) is 0 Å². The molecule has 92 valence electrons. The van der Waals surface area contributed by atoms with Gasteiger partial charge in [-0.15, -0.1) is 0 Å². The largest absolute Gasteiger partial charge is 0.335 e. The number of hydrogen-bond acceptors (Lipinski definition) is 2. The van der Waals surface area contributed by atoms with Gasteiger partial charge in [0.05, 0.1) is 0 Å². The van der Waals surface area contributed by atoms with E-state index in [1.165, 1.54) is 12.2 Å². The van der Waals surface area contributed by atoms with Gasteiger partial charge in [-0.05, 0) is 26.3 Å². The van der Waals surface area contributed by atoms with Crippen LogP contribution in [-0.2, 0) is 6.54 Å². The molecule has 0 spiro atoms. The molecule has 1 atom stereocenters. The summed E-state index contributed by atoms with van der Waals surface area (Å²) in [5.41, 5.74) is 0. The van der Waals surface area contributed by atoms with Gasteiger partial charge in [-0.25, -0.2) is 4.98 Å². The predicted octanol–water partition coefficient (Wildman–Crippen LogP) is 2.78. The lowest BCUT2D eigenvalue weighted by molar-refractivity contribution is 0.467. The topological polar surface area (TPSA) is 29.9 Å². The molecule has 16 heavy (non-hydrogen) atoms. The van der Waals surface area contributed by atoms with E-state index in [4.69, 9.17) is 0 Å². The van der Waals surface area contributed by atoms with Crippen molar-refractivity contribution in [2.24, 2.45) is 0 Å². The van der Waals surface area contributed by atoms with Gasteiger partial charge in [0.2, 0.25) is 0 Å². The highest BCUT2D eigenvalue weighted by molar-refractivity contribution is 4.97. The van der Waals surface area contributed by atoms with Gasteiger partial charge in [-0.1, -0.05) is 20.8 Å². The molecule has 0 aliphatic heterocycles. The molecule has 0 aromatic carbocycles. The third kappa shape index (κ3) is 3.97. The first-order valence-corrected chi connectivity index (χ1v) is 6.39. The van der Waals surface area contributed by atoms with Gasteiger partial charge >= 0.3 is 0 Å². The van der Waals surface area contributed by atoms with Crippen LogP contribution >= 0.6 is 0 Å². The van der Waals surface area contributed by atoms with Crippen molar-refractivity contribution in [1.82, 2.24) is 14.9 Å². The molecule has 1 rings (SSSR count). The zero-order chi connectivity index (χ0) is 12.0. The van der Waals surface area contributed by atoms with Gasteiger partial charge in [0.1, 0.15) is 5.82 Å². The fraction of sp³-hybridized carbons (Fsp3) is 0.769. The molecule has 1 unspecified atom stereocenters. The van der Waals surface area contributed by atoms with E-state index in [-0.39, 0.29) is 0 Å². The number of hydrogen-bond donors (Lipinski definition) is 1. The Kier molecular flexibility index (Phi) is 5.53. The second kappa shape index (κ2) is 6.69. The number of aromatic nitrogens is 2. The summed E-state index contributed by atoms with van der Waals surface area (Å²) in [5, 5.41) is 3.51. The standard InChI is InChI=1S/C13H25N3/c1-5-7-14-12(4)6-9-16-10-8-15-13(16)11(2)3/h8,10-12,14H,5-7,9H2,1-4H3. The first kappa shape index (κ1) is 13.2. The Bertz CT molecular complexity index is 291. The van der Waals surface area contributed by atoms with E-state index >= 15 is 0 Å². The molecule has 0 aliphatic rings. The van der Waals surface area contributed by atoms with Crippen molar-refractivity contribution in [3.63, 3.8) is 0 Å². The summed E-state index contributed by atoms with van der Waals surface area (Å²) in [5.74, 6) is 1.71. The van der Waals surface area contributed by atoms with Crippen LogP contribution in [0.25, 0.3) is 0 Å². The van der Waals surface area contributed by atoms with Crippen molar-refractivity contribution in [2.45, 2.75) is 59.0 Å². The minimum atomic E-state index is 0.508. The fourth-order valence-corrected chi connectivity index (χ4v) is 1.84. The summed E-state index contributed by atoms with van der Waals surface area (Å²) in [7, 11) is 0. The minimum Gasteiger partial charge on any atom is -0.335 e. The second-order valence-corrected chi connectivity index (χ2v) is 4.78. The van der Waals surface area contributed by atoms with Crippen LogP contribution in [0.2, 0.25) is 0 Å². The van der Waals surface area contributed by atoms with Crippen LogP contribution in [0.3, 0.4) is 0 Å². The average molecular weight is 223 g/mol. The lowest BCUT2D eigenvalue weighted by Gasteiger charge is -2.15. The van der Waals surface area contributed by atoms with Gasteiger partial charge in [0, 0.05) is 30.9 Å². The molecule has 3 nitrogen and oxygen atoms in total. The lowest BCUT2D eigenvalue weighted by atomic mass is 10.2. The maximum absolute atomic E-state index is 4.40. The van der Waals surface area contributed by atoms with Crippen LogP contribution in [0.1, 0.15) is 52.3 Å². The monoisotopic (exact) mass is 223 g/mol. The molecule has 0 bridgehead atoms. The molecule has 1 aromatic heterocycles. The Balaban J connectivity index is 2.39. The van der Waals surface area contributed by atoms with E-state index < -0.39 is 0 Å². The summed E-state index contributed by atoms with van der Waals surface area (Å²) < 4.78 is 2.27. The average Bonchev–Trinajstić information content (AvgIpc) is 2.71. The summed E-state index contributed by atoms with van der Waals surface area (Å²) in [6.07, 6.45) is 6.35. The quantitative estimate of drug-likeness (QED) is 0.770. The Morgan fingerprint density at radius 3 is 2.75 bits per heavy atom. The second-order valence-electron chi connectivity index (χ2n) is 4.78. The summed E-state index contributed by atoms with van der Waals surface area (Å²) >= 11 is 0. The van der Waals surface area contributed by atoms with Crippen molar-refractivity contribution >= 4 is 0 Å². The van der Waals surface area contributed by atoms with Gasteiger partial charge in [0.15, 0.2) is 0 Å². The Morgan fingerprint density at radius 1 is 1.38 bits per heavy atom. The van der Waals surface area contributed by atoms with Crippen LogP contribution in [0.15, 0.2) is 12.4 Å². The number of imidazole rings is 1. The highest BCUT2D eigenvalue weighted by Gasteiger charge is 2.08. The molecule has 0 amide bonds. The summed E-state index contributed by atoms with van der Waals surface area (Å²) in [6.45, 7) is 11.0. The summed E-state index contributed by atoms with van der Waals surface area (Å²) in [6, 6.07) is 0.586. The molecule has 3 heteroatoms. The van der Waals surface area contributed by atoms with Crippen LogP contribution in [0.5, 0.6) is 0 Å². The maximum Gasteiger partial charge on any atom is 0.111 e. The molecule has 0 saturated carbocycles. The smallest absolute Gasteiger partial charge is 0.111 e. The Morgan fingerprint density at radius 2 is 2.12 bits per heavy atom. The third-order valence-corrected chi connectivity index (χ3v) is 2.81. The predicted molar refractivity (Wildman–Crippen MR) is 68.7 cm³/mol. The van der Waals surface area contributed by atoms with Crippen LogP contribution in [-0.4, -0.2) is 22.1 Å². The molecule has 0 fully saturated rings. The number of nitrogens with zero attached hydrogens (tertiary/aromatic N) is 2. The van der Waals surface area contributed by atoms with Crippen molar-refractivity contribution in [3.05, 3.63) is 18.2 Å². The Labute approximate surface area is 99.3 Å². The van der Waals surface area contributed by atoms with Crippen LogP contribution in [0.4, 0.5) is 0 Å². The molecule has 0 aliphatic carbocycles. The summed E-state index contributed by atoms with van der Waals surface area (Å²) in [4.78, 5) is 4.40. The van der Waals surface area contributed by atoms with Gasteiger partial charge < -0.3 is 9.88 Å². The number of aryl methyl sites for hydroxylation is 1. The zero-order valence-electron chi connectivity index (χ0n) is 11.0. The van der Waals surface area contributed by atoms with Gasteiger partial charge in [0.25, 0.3) is 0 Å². The normalized spacial score (nSPS) is 13.3. The van der Waals surface area contributed by atoms with Gasteiger partial charge in [-0.2, -0.15) is 0 Å². The third-order valence-electron chi connectivity index (χ3n) is 2.81. The maximum atomic E-state index is 4.40. The van der Waals surface area contributed by atoms with E-state index in [2.05, 4.69) is 48.8 Å². The molecule has 0 saturated heterocycles. The SMILES string of the molecule is CCCNC(C)CCn1ccnc1C(C)C. The van der Waals surface area contributed by atoms with Crippen molar-refractivity contribution in [1.29, 1.82) is 0 Å². The van der Waals surface area contributed by atoms with Crippen LogP contribution < -0.4 is 5.32 Å². The lowest BCUT2D eigenvalue weighted by Crippen LogP contribution is -2.28. The van der Waals surface area contributed by atoms with E-state index in [9.17, 15) is 0 Å². The van der Waals surface area contributed by atoms with Crippen molar-refractivity contribution in [3.8, 4) is 0 Å².